The Bertz CT molecular complexity index is 1210. The van der Waals surface area contributed by atoms with Crippen molar-refractivity contribution in [3.8, 4) is 17.0 Å². The second-order valence-corrected chi connectivity index (χ2v) is 9.76. The average molecular weight is 434 g/mol. The summed E-state index contributed by atoms with van der Waals surface area (Å²) in [6.45, 7) is 2.34. The van der Waals surface area contributed by atoms with E-state index in [0.29, 0.717) is 29.3 Å². The molecule has 0 atom stereocenters. The van der Waals surface area contributed by atoms with Gasteiger partial charge in [0.2, 0.25) is 0 Å². The van der Waals surface area contributed by atoms with Crippen molar-refractivity contribution in [2.45, 2.75) is 16.8 Å². The zero-order valence-corrected chi connectivity index (χ0v) is 17.4. The van der Waals surface area contributed by atoms with E-state index in [1.807, 2.05) is 6.92 Å². The Kier molecular flexibility index (Phi) is 5.85. The van der Waals surface area contributed by atoms with Gasteiger partial charge in [-0.1, -0.05) is 12.1 Å². The van der Waals surface area contributed by atoms with Crippen LogP contribution in [0.2, 0.25) is 0 Å². The van der Waals surface area contributed by atoms with Crippen LogP contribution in [-0.4, -0.2) is 39.9 Å². The summed E-state index contributed by atoms with van der Waals surface area (Å²) in [7, 11) is -7.24. The second kappa shape index (κ2) is 8.18. The Morgan fingerprint density at radius 2 is 1.66 bits per heavy atom. The monoisotopic (exact) mass is 433 g/mol. The molecule has 1 N–H and O–H groups in total. The summed E-state index contributed by atoms with van der Waals surface area (Å²) in [6.07, 6.45) is 1.05. The molecule has 0 unspecified atom stereocenters. The summed E-state index contributed by atoms with van der Waals surface area (Å²) < 4.78 is 56.1. The van der Waals surface area contributed by atoms with Gasteiger partial charge in [-0.25, -0.2) is 16.8 Å². The van der Waals surface area contributed by atoms with Crippen molar-refractivity contribution in [1.29, 1.82) is 0 Å². The van der Waals surface area contributed by atoms with Gasteiger partial charge in [0, 0.05) is 17.5 Å². The van der Waals surface area contributed by atoms with Crippen molar-refractivity contribution in [1.82, 2.24) is 10.2 Å². The number of sulfonamides is 1. The lowest BCUT2D eigenvalue weighted by molar-refractivity contribution is 0.340. The van der Waals surface area contributed by atoms with E-state index >= 15 is 0 Å². The van der Waals surface area contributed by atoms with E-state index < -0.39 is 19.9 Å². The highest BCUT2D eigenvalue weighted by Crippen LogP contribution is 2.24. The molecule has 0 saturated carbocycles. The van der Waals surface area contributed by atoms with Crippen molar-refractivity contribution in [2.24, 2.45) is 0 Å². The molecule has 0 radical (unpaired) electrons. The highest BCUT2D eigenvalue weighted by molar-refractivity contribution is 7.92. The zero-order valence-electron chi connectivity index (χ0n) is 15.7. The second-order valence-electron chi connectivity index (χ2n) is 6.12. The highest BCUT2D eigenvalue weighted by Gasteiger charge is 2.15. The summed E-state index contributed by atoms with van der Waals surface area (Å²) in [4.78, 5) is 0.101. The van der Waals surface area contributed by atoms with Gasteiger partial charge < -0.3 is 4.74 Å². The molecule has 0 aliphatic rings. The van der Waals surface area contributed by atoms with Crippen LogP contribution in [0.1, 0.15) is 6.92 Å². The van der Waals surface area contributed by atoms with Gasteiger partial charge in [0.25, 0.3) is 10.0 Å². The molecule has 10 heteroatoms. The Labute approximate surface area is 169 Å². The summed E-state index contributed by atoms with van der Waals surface area (Å²) in [5, 5.41) is 7.50. The van der Waals surface area contributed by atoms with Crippen molar-refractivity contribution >= 4 is 25.5 Å². The minimum Gasteiger partial charge on any atom is -0.494 e. The average Bonchev–Trinajstić information content (AvgIpc) is 2.68. The van der Waals surface area contributed by atoms with E-state index in [9.17, 15) is 16.8 Å². The molecule has 1 heterocycles. The van der Waals surface area contributed by atoms with Crippen LogP contribution in [0.3, 0.4) is 0 Å². The fraction of sp³-hybridized carbons (Fsp3) is 0.158. The Morgan fingerprint density at radius 3 is 2.24 bits per heavy atom. The van der Waals surface area contributed by atoms with Crippen LogP contribution in [-0.2, 0) is 19.9 Å². The molecule has 0 bridgehead atoms. The molecule has 152 valence electrons. The number of rotatable bonds is 7. The smallest absolute Gasteiger partial charge is 0.261 e. The first-order chi connectivity index (χ1) is 13.7. The molecule has 3 aromatic rings. The molecular weight excluding hydrogens is 414 g/mol. The Hall–Kier alpha value is -2.98. The third kappa shape index (κ3) is 5.09. The summed E-state index contributed by atoms with van der Waals surface area (Å²) in [5.74, 6) is 0.588. The summed E-state index contributed by atoms with van der Waals surface area (Å²) in [6, 6.07) is 15.6. The van der Waals surface area contributed by atoms with Gasteiger partial charge in [0.15, 0.2) is 14.9 Å². The maximum absolute atomic E-state index is 12.6. The third-order valence-electron chi connectivity index (χ3n) is 3.88. The molecule has 0 aliphatic carbocycles. The molecule has 0 aliphatic heterocycles. The van der Waals surface area contributed by atoms with E-state index in [4.69, 9.17) is 4.74 Å². The van der Waals surface area contributed by atoms with Crippen LogP contribution in [0.4, 0.5) is 5.69 Å². The normalized spacial score (nSPS) is 11.8. The maximum Gasteiger partial charge on any atom is 0.261 e. The molecule has 0 fully saturated rings. The number of hydrogen-bond donors (Lipinski definition) is 1. The van der Waals surface area contributed by atoms with Crippen LogP contribution < -0.4 is 9.46 Å². The first kappa shape index (κ1) is 20.7. The third-order valence-corrected chi connectivity index (χ3v) is 6.25. The van der Waals surface area contributed by atoms with E-state index in [-0.39, 0.29) is 9.92 Å². The van der Waals surface area contributed by atoms with Crippen LogP contribution >= 0.6 is 0 Å². The molecular formula is C19H19N3O5S2. The molecule has 2 aromatic carbocycles. The number of anilines is 1. The predicted octanol–water partition coefficient (Wildman–Crippen LogP) is 2.75. The van der Waals surface area contributed by atoms with Gasteiger partial charge in [-0.3, -0.25) is 4.72 Å². The summed E-state index contributed by atoms with van der Waals surface area (Å²) in [5.41, 5.74) is 1.34. The van der Waals surface area contributed by atoms with Crippen molar-refractivity contribution in [2.75, 3.05) is 17.6 Å². The first-order valence-corrected chi connectivity index (χ1v) is 12.0. The van der Waals surface area contributed by atoms with E-state index in [2.05, 4.69) is 14.9 Å². The lowest BCUT2D eigenvalue weighted by Crippen LogP contribution is -2.13. The van der Waals surface area contributed by atoms with E-state index in [1.165, 1.54) is 24.3 Å². The topological polar surface area (TPSA) is 115 Å². The van der Waals surface area contributed by atoms with Gasteiger partial charge in [-0.05, 0) is 55.5 Å². The van der Waals surface area contributed by atoms with Gasteiger partial charge >= 0.3 is 0 Å². The lowest BCUT2D eigenvalue weighted by atomic mass is 10.1. The van der Waals surface area contributed by atoms with Crippen molar-refractivity contribution in [3.05, 3.63) is 60.7 Å². The number of aromatic nitrogens is 2. The molecule has 8 nitrogen and oxygen atoms in total. The zero-order chi connectivity index (χ0) is 21.1. The number of benzene rings is 2. The maximum atomic E-state index is 12.6. The Balaban J connectivity index is 1.84. The molecule has 0 amide bonds. The predicted molar refractivity (Wildman–Crippen MR) is 109 cm³/mol. The van der Waals surface area contributed by atoms with Crippen molar-refractivity contribution in [3.63, 3.8) is 0 Å². The molecule has 3 rings (SSSR count). The number of ether oxygens (including phenoxy) is 1. The SMILES string of the molecule is CCOc1ccc(S(=O)(=O)Nc2cccc(-c3ccc(S(C)(=O)=O)nn3)c2)cc1. The van der Waals surface area contributed by atoms with Crippen LogP contribution in [0.5, 0.6) is 5.75 Å². The molecule has 0 saturated heterocycles. The van der Waals surface area contributed by atoms with Gasteiger partial charge in [-0.2, -0.15) is 0 Å². The van der Waals surface area contributed by atoms with Crippen LogP contribution in [0.15, 0.2) is 70.6 Å². The largest absolute Gasteiger partial charge is 0.494 e. The lowest BCUT2D eigenvalue weighted by Gasteiger charge is -2.10. The first-order valence-electron chi connectivity index (χ1n) is 8.59. The number of hydrogen-bond acceptors (Lipinski definition) is 7. The summed E-state index contributed by atoms with van der Waals surface area (Å²) >= 11 is 0. The molecule has 29 heavy (non-hydrogen) atoms. The standard InChI is InChI=1S/C19H19N3O5S2/c1-3-27-16-7-9-17(10-8-16)29(25,26)22-15-6-4-5-14(13-15)18-11-12-19(21-20-18)28(2,23)24/h4-13,22H,3H2,1-2H3. The Morgan fingerprint density at radius 1 is 0.931 bits per heavy atom. The molecule has 1 aromatic heterocycles. The minimum atomic E-state index is -3.79. The fourth-order valence-corrected chi connectivity index (χ4v) is 4.06. The number of nitrogens with zero attached hydrogens (tertiary/aromatic N) is 2. The quantitative estimate of drug-likeness (QED) is 0.609. The highest BCUT2D eigenvalue weighted by atomic mass is 32.2. The number of nitrogens with one attached hydrogen (secondary N) is 1. The van der Waals surface area contributed by atoms with E-state index in [1.54, 1.807) is 36.4 Å². The van der Waals surface area contributed by atoms with Gasteiger partial charge in [-0.15, -0.1) is 10.2 Å². The fourth-order valence-electron chi connectivity index (χ4n) is 2.51. The van der Waals surface area contributed by atoms with Gasteiger partial charge in [0.1, 0.15) is 5.75 Å². The molecule has 0 spiro atoms. The van der Waals surface area contributed by atoms with Crippen LogP contribution in [0.25, 0.3) is 11.3 Å². The minimum absolute atomic E-state index is 0.101. The number of sulfone groups is 1. The van der Waals surface area contributed by atoms with E-state index in [0.717, 1.165) is 6.26 Å². The van der Waals surface area contributed by atoms with Crippen molar-refractivity contribution < 1.29 is 21.6 Å². The van der Waals surface area contributed by atoms with Crippen LogP contribution in [0, 0.1) is 0 Å². The van der Waals surface area contributed by atoms with Gasteiger partial charge in [0.05, 0.1) is 17.2 Å².